The van der Waals surface area contributed by atoms with Gasteiger partial charge in [0.2, 0.25) is 0 Å². The summed E-state index contributed by atoms with van der Waals surface area (Å²) in [6.45, 7) is 0. The number of anilines is 3. The Kier molecular flexibility index (Phi) is 6.81. The normalized spacial score (nSPS) is 11.4. The number of halogens is 4. The third-order valence-corrected chi connectivity index (χ3v) is 7.42. The number of nitrogens with zero attached hydrogens (tertiary/aromatic N) is 3. The van der Waals surface area contributed by atoms with Gasteiger partial charge in [-0.25, -0.2) is 0 Å². The number of aromatic nitrogens is 3. The van der Waals surface area contributed by atoms with E-state index in [0.29, 0.717) is 14.6 Å². The van der Waals surface area contributed by atoms with E-state index >= 15 is 0 Å². The Morgan fingerprint density at radius 2 is 1.60 bits per heavy atom. The summed E-state index contributed by atoms with van der Waals surface area (Å²) in [5, 5.41) is 6.01. The van der Waals surface area contributed by atoms with Gasteiger partial charge in [0.25, 0.3) is 0 Å². The van der Waals surface area contributed by atoms with Crippen molar-refractivity contribution in [3.8, 4) is 0 Å². The van der Waals surface area contributed by atoms with E-state index in [4.69, 9.17) is 11.6 Å². The molecular weight excluding hydrogens is 525 g/mol. The summed E-state index contributed by atoms with van der Waals surface area (Å²) >= 11 is 4.11. The van der Waals surface area contributed by atoms with Gasteiger partial charge in [-0.3, -0.25) is 0 Å². The second-order valence-corrected chi connectivity index (χ2v) is 13.8. The monoisotopic (exact) mass is 542 g/mol. The molecule has 0 unspecified atom stereocenters. The van der Waals surface area contributed by atoms with E-state index < -0.39 is 37.4 Å². The molecule has 0 spiro atoms. The van der Waals surface area contributed by atoms with E-state index in [9.17, 15) is 18.0 Å². The molecular formula is C19H16ClF3N5OSn. The molecule has 0 fully saturated rings. The summed E-state index contributed by atoms with van der Waals surface area (Å²) in [6, 6.07) is 10.9. The van der Waals surface area contributed by atoms with Gasteiger partial charge in [-0.1, -0.05) is 0 Å². The number of carbonyl (C=O) groups is 1. The number of nitrogens with one attached hydrogen (secondary N) is 2. The van der Waals surface area contributed by atoms with Crippen LogP contribution in [0.2, 0.25) is 14.9 Å². The molecule has 0 saturated carbocycles. The first-order valence-corrected chi connectivity index (χ1v) is 16.2. The molecule has 0 aliphatic heterocycles. The Hall–Kier alpha value is -2.40. The Balaban J connectivity index is 1.85. The van der Waals surface area contributed by atoms with Gasteiger partial charge in [0.15, 0.2) is 0 Å². The van der Waals surface area contributed by atoms with Crippen molar-refractivity contribution in [2.24, 2.45) is 0 Å². The molecule has 1 radical (unpaired) electrons. The van der Waals surface area contributed by atoms with Crippen LogP contribution in [-0.4, -0.2) is 40.6 Å². The Morgan fingerprint density at radius 1 is 0.967 bits per heavy atom. The topological polar surface area (TPSA) is 79.8 Å². The first kappa shape index (κ1) is 22.3. The predicted molar refractivity (Wildman–Crippen MR) is 111 cm³/mol. The summed E-state index contributed by atoms with van der Waals surface area (Å²) in [4.78, 5) is 29.5. The third-order valence-electron chi connectivity index (χ3n) is 3.90. The molecule has 6 nitrogen and oxygen atoms in total. The fraction of sp³-hybridized carbons (Fsp3) is 0.158. The zero-order chi connectivity index (χ0) is 21.9. The average Bonchev–Trinajstić information content (AvgIpc) is 2.69. The summed E-state index contributed by atoms with van der Waals surface area (Å²) in [7, 11) is 0. The van der Waals surface area contributed by atoms with Gasteiger partial charge in [0, 0.05) is 0 Å². The van der Waals surface area contributed by atoms with Gasteiger partial charge >= 0.3 is 183 Å². The van der Waals surface area contributed by atoms with Crippen molar-refractivity contribution >= 4 is 58.7 Å². The number of amides is 1. The molecule has 0 aliphatic carbocycles. The maximum atomic E-state index is 12.7. The van der Waals surface area contributed by atoms with E-state index in [2.05, 4.69) is 35.5 Å². The molecule has 3 rings (SSSR count). The molecule has 0 aliphatic rings. The van der Waals surface area contributed by atoms with E-state index in [1.165, 1.54) is 0 Å². The minimum atomic E-state index is -4.47. The Bertz CT molecular complexity index is 1060. The zero-order valence-electron chi connectivity index (χ0n) is 15.9. The van der Waals surface area contributed by atoms with Crippen molar-refractivity contribution in [3.63, 3.8) is 0 Å². The molecule has 3 aromatic rings. The molecule has 1 aromatic heterocycles. The second kappa shape index (κ2) is 9.17. The van der Waals surface area contributed by atoms with Crippen molar-refractivity contribution in [2.45, 2.75) is 16.1 Å². The van der Waals surface area contributed by atoms with Crippen LogP contribution in [0.15, 0.2) is 48.5 Å². The van der Waals surface area contributed by atoms with Gasteiger partial charge in [0.1, 0.15) is 0 Å². The average molecular weight is 542 g/mol. The Morgan fingerprint density at radius 3 is 2.20 bits per heavy atom. The summed E-state index contributed by atoms with van der Waals surface area (Å²) in [6.07, 6.45) is -4.47. The van der Waals surface area contributed by atoms with Crippen LogP contribution in [-0.2, 0) is 6.18 Å². The maximum absolute atomic E-state index is 12.7. The molecule has 1 amide bonds. The van der Waals surface area contributed by atoms with E-state index in [-0.39, 0.29) is 17.5 Å². The fourth-order valence-corrected chi connectivity index (χ4v) is 4.44. The summed E-state index contributed by atoms with van der Waals surface area (Å²) < 4.78 is 38.7. The van der Waals surface area contributed by atoms with Gasteiger partial charge in [0.05, 0.1) is 0 Å². The summed E-state index contributed by atoms with van der Waals surface area (Å²) in [5.41, 5.74) is -0.188. The Labute approximate surface area is 182 Å². The van der Waals surface area contributed by atoms with E-state index in [1.807, 2.05) is 0 Å². The molecule has 155 valence electrons. The number of hydrogen-bond acceptors (Lipinski definition) is 5. The van der Waals surface area contributed by atoms with Crippen LogP contribution in [0.5, 0.6) is 0 Å². The zero-order valence-corrected chi connectivity index (χ0v) is 19.5. The van der Waals surface area contributed by atoms with Crippen LogP contribution in [0, 0.1) is 0 Å². The molecule has 0 bridgehead atoms. The first-order valence-electron chi connectivity index (χ1n) is 8.70. The summed E-state index contributed by atoms with van der Waals surface area (Å²) in [5.74, 6) is -0.388. The third kappa shape index (κ3) is 5.60. The van der Waals surface area contributed by atoms with Crippen molar-refractivity contribution in [2.75, 3.05) is 10.6 Å². The van der Waals surface area contributed by atoms with Crippen LogP contribution in [0.1, 0.15) is 15.9 Å². The van der Waals surface area contributed by atoms with Gasteiger partial charge in [-0.2, -0.15) is 0 Å². The number of carbonyl (C=O) groups excluding carboxylic acids is 1. The molecule has 2 N–H and O–H groups in total. The molecule has 1 heterocycles. The number of benzene rings is 2. The quantitative estimate of drug-likeness (QED) is 0.465. The predicted octanol–water partition coefficient (Wildman–Crippen LogP) is 4.50. The molecule has 2 aromatic carbocycles. The fourth-order valence-electron chi connectivity index (χ4n) is 2.38. The van der Waals surface area contributed by atoms with E-state index in [0.717, 1.165) is 24.3 Å². The standard InChI is InChI=1S/C17H10ClF3N5O.2CH3.Sn/c18-12-3-1-2-4-13(12)24-15-22-9-23-16(26-15)25-14(27)10-5-7-11(8-6-10)17(19,20)21;;;/h1-8H,(H2,22,23,24,25,26,27);2*1H3;. The van der Waals surface area contributed by atoms with Crippen molar-refractivity contribution < 1.29 is 18.0 Å². The van der Waals surface area contributed by atoms with Crippen LogP contribution in [0.4, 0.5) is 30.8 Å². The SMILES string of the molecule is [CH3][Sn]([CH3])[c]1nc(NC(=O)c2ccc(C(F)(F)F)cc2)nc(Nc2ccccc2Cl)n1. The van der Waals surface area contributed by atoms with Gasteiger partial charge in [-0.05, 0) is 0 Å². The van der Waals surface area contributed by atoms with Crippen LogP contribution in [0.3, 0.4) is 0 Å². The minimum absolute atomic E-state index is 0.0150. The van der Waals surface area contributed by atoms with E-state index in [1.54, 1.807) is 24.3 Å². The van der Waals surface area contributed by atoms with Crippen molar-refractivity contribution in [1.29, 1.82) is 0 Å². The number of alkyl halides is 3. The molecule has 0 saturated heterocycles. The number of hydrogen-bond donors (Lipinski definition) is 2. The molecule has 11 heteroatoms. The van der Waals surface area contributed by atoms with Crippen molar-refractivity contribution in [1.82, 2.24) is 15.0 Å². The number of para-hydroxylation sites is 1. The van der Waals surface area contributed by atoms with Crippen LogP contribution < -0.4 is 14.5 Å². The molecule has 30 heavy (non-hydrogen) atoms. The van der Waals surface area contributed by atoms with Gasteiger partial charge < -0.3 is 0 Å². The van der Waals surface area contributed by atoms with Crippen molar-refractivity contribution in [3.05, 3.63) is 64.7 Å². The van der Waals surface area contributed by atoms with Gasteiger partial charge in [-0.15, -0.1) is 0 Å². The number of rotatable bonds is 5. The van der Waals surface area contributed by atoms with Crippen LogP contribution >= 0.6 is 11.6 Å². The molecule has 0 atom stereocenters. The van der Waals surface area contributed by atoms with Crippen LogP contribution in [0.25, 0.3) is 0 Å². The first-order chi connectivity index (χ1) is 14.1. The second-order valence-electron chi connectivity index (χ2n) is 6.44.